The van der Waals surface area contributed by atoms with Gasteiger partial charge in [-0.25, -0.2) is 0 Å². The Morgan fingerprint density at radius 2 is 2.29 bits per heavy atom. The van der Waals surface area contributed by atoms with Crippen LogP contribution in [0.3, 0.4) is 0 Å². The van der Waals surface area contributed by atoms with Crippen LogP contribution in [0, 0.1) is 0 Å². The Morgan fingerprint density at radius 1 is 1.50 bits per heavy atom. The molecule has 2 rings (SSSR count). The van der Waals surface area contributed by atoms with Crippen LogP contribution in [-0.2, 0) is 0 Å². The molecular formula is C10H11ClN2O. The van der Waals surface area contributed by atoms with Crippen molar-refractivity contribution < 1.29 is 5.11 Å². The number of nitrogens with one attached hydrogen (secondary N) is 1. The number of nitrogens with two attached hydrogens (primary N) is 1. The zero-order chi connectivity index (χ0) is 10.1. The molecule has 0 bridgehead atoms. The fourth-order valence-electron chi connectivity index (χ4n) is 1.45. The van der Waals surface area contributed by atoms with Crippen LogP contribution in [0.1, 0.15) is 11.7 Å². The van der Waals surface area contributed by atoms with Gasteiger partial charge in [0.2, 0.25) is 0 Å². The lowest BCUT2D eigenvalue weighted by Gasteiger charge is -2.07. The monoisotopic (exact) mass is 210 g/mol. The third kappa shape index (κ3) is 1.50. The lowest BCUT2D eigenvalue weighted by molar-refractivity contribution is 0.187. The first-order valence-corrected chi connectivity index (χ1v) is 4.75. The van der Waals surface area contributed by atoms with Gasteiger partial charge in [-0.15, -0.1) is 0 Å². The van der Waals surface area contributed by atoms with E-state index < -0.39 is 6.10 Å². The van der Waals surface area contributed by atoms with Gasteiger partial charge >= 0.3 is 0 Å². The quantitative estimate of drug-likeness (QED) is 0.708. The van der Waals surface area contributed by atoms with Crippen molar-refractivity contribution in [2.24, 2.45) is 5.73 Å². The maximum Gasteiger partial charge on any atom is 0.0912 e. The standard InChI is InChI=1S/C10H11ClN2O/c11-8-5-13-9-3-6(10(14)4-12)1-2-7(8)9/h1-3,5,10,13-14H,4,12H2. The van der Waals surface area contributed by atoms with E-state index in [0.29, 0.717) is 5.02 Å². The summed E-state index contributed by atoms with van der Waals surface area (Å²) in [4.78, 5) is 3.02. The summed E-state index contributed by atoms with van der Waals surface area (Å²) in [6.07, 6.45) is 1.12. The molecule has 3 nitrogen and oxygen atoms in total. The zero-order valence-electron chi connectivity index (χ0n) is 7.50. The molecule has 0 aliphatic carbocycles. The van der Waals surface area contributed by atoms with Gasteiger partial charge in [-0.05, 0) is 11.6 Å². The molecule has 0 spiro atoms. The molecule has 0 fully saturated rings. The van der Waals surface area contributed by atoms with E-state index in [4.69, 9.17) is 17.3 Å². The minimum Gasteiger partial charge on any atom is -0.387 e. The van der Waals surface area contributed by atoms with Crippen molar-refractivity contribution in [1.82, 2.24) is 4.98 Å². The molecule has 0 radical (unpaired) electrons. The van der Waals surface area contributed by atoms with Crippen molar-refractivity contribution in [3.8, 4) is 0 Å². The SMILES string of the molecule is NCC(O)c1ccc2c(Cl)c[nH]c2c1. The second kappa shape index (κ2) is 3.61. The summed E-state index contributed by atoms with van der Waals surface area (Å²) in [6.45, 7) is 0.222. The number of hydrogen-bond donors (Lipinski definition) is 3. The number of aliphatic hydroxyl groups is 1. The molecule has 0 aliphatic rings. The van der Waals surface area contributed by atoms with Crippen LogP contribution < -0.4 is 5.73 Å². The highest BCUT2D eigenvalue weighted by atomic mass is 35.5. The van der Waals surface area contributed by atoms with Gasteiger partial charge in [0.05, 0.1) is 11.1 Å². The van der Waals surface area contributed by atoms with E-state index in [-0.39, 0.29) is 6.54 Å². The first-order valence-electron chi connectivity index (χ1n) is 4.37. The predicted molar refractivity (Wildman–Crippen MR) is 57.3 cm³/mol. The number of H-pyrrole nitrogens is 1. The highest BCUT2D eigenvalue weighted by molar-refractivity contribution is 6.35. The fraction of sp³-hybridized carbons (Fsp3) is 0.200. The van der Waals surface area contributed by atoms with Crippen molar-refractivity contribution >= 4 is 22.5 Å². The maximum atomic E-state index is 9.52. The average Bonchev–Trinajstić information content (AvgIpc) is 2.59. The Labute approximate surface area is 86.5 Å². The summed E-state index contributed by atoms with van der Waals surface area (Å²) >= 11 is 5.92. The number of aliphatic hydroxyl groups excluding tert-OH is 1. The van der Waals surface area contributed by atoms with Crippen LogP contribution in [0.15, 0.2) is 24.4 Å². The number of rotatable bonds is 2. The number of fused-ring (bicyclic) bond motifs is 1. The Hall–Kier alpha value is -1.03. The Kier molecular flexibility index (Phi) is 2.46. The molecule has 4 N–H and O–H groups in total. The van der Waals surface area contributed by atoms with Crippen LogP contribution in [0.2, 0.25) is 5.02 Å². The molecule has 2 aromatic rings. The largest absolute Gasteiger partial charge is 0.387 e. The molecule has 14 heavy (non-hydrogen) atoms. The molecule has 4 heteroatoms. The van der Waals surface area contributed by atoms with E-state index in [1.807, 2.05) is 18.2 Å². The Morgan fingerprint density at radius 3 is 3.00 bits per heavy atom. The normalized spacial score (nSPS) is 13.4. The number of aromatic nitrogens is 1. The Balaban J connectivity index is 2.52. The second-order valence-corrected chi connectivity index (χ2v) is 3.60. The van der Waals surface area contributed by atoms with Crippen molar-refractivity contribution in [1.29, 1.82) is 0 Å². The molecule has 1 unspecified atom stereocenters. The van der Waals surface area contributed by atoms with Gasteiger partial charge in [0.25, 0.3) is 0 Å². The topological polar surface area (TPSA) is 62.0 Å². The summed E-state index contributed by atoms with van der Waals surface area (Å²) in [6, 6.07) is 5.57. The third-order valence-electron chi connectivity index (χ3n) is 2.26. The summed E-state index contributed by atoms with van der Waals surface area (Å²) in [5, 5.41) is 11.2. The van der Waals surface area contributed by atoms with Crippen molar-refractivity contribution in [3.05, 3.63) is 35.0 Å². The molecule has 1 aromatic heterocycles. The van der Waals surface area contributed by atoms with Crippen molar-refractivity contribution in [3.63, 3.8) is 0 Å². The van der Waals surface area contributed by atoms with Gasteiger partial charge in [-0.2, -0.15) is 0 Å². The first kappa shape index (κ1) is 9.52. The van der Waals surface area contributed by atoms with Gasteiger partial charge < -0.3 is 15.8 Å². The summed E-state index contributed by atoms with van der Waals surface area (Å²) < 4.78 is 0. The first-order chi connectivity index (χ1) is 6.72. The van der Waals surface area contributed by atoms with Gasteiger partial charge in [0.1, 0.15) is 0 Å². The number of halogens is 1. The van der Waals surface area contributed by atoms with E-state index in [1.54, 1.807) is 6.20 Å². The molecule has 1 aromatic carbocycles. The number of benzene rings is 1. The van der Waals surface area contributed by atoms with Crippen LogP contribution in [-0.4, -0.2) is 16.6 Å². The van der Waals surface area contributed by atoms with E-state index in [0.717, 1.165) is 16.5 Å². The number of aromatic amines is 1. The van der Waals surface area contributed by atoms with Crippen LogP contribution in [0.4, 0.5) is 0 Å². The zero-order valence-corrected chi connectivity index (χ0v) is 8.25. The van der Waals surface area contributed by atoms with Crippen LogP contribution in [0.25, 0.3) is 10.9 Å². The number of hydrogen-bond acceptors (Lipinski definition) is 2. The molecule has 0 amide bonds. The third-order valence-corrected chi connectivity index (χ3v) is 2.58. The van der Waals surface area contributed by atoms with E-state index >= 15 is 0 Å². The summed E-state index contributed by atoms with van der Waals surface area (Å²) in [5.41, 5.74) is 7.09. The highest BCUT2D eigenvalue weighted by Crippen LogP contribution is 2.25. The Bertz CT molecular complexity index is 452. The van der Waals surface area contributed by atoms with E-state index in [9.17, 15) is 5.11 Å². The fourth-order valence-corrected chi connectivity index (χ4v) is 1.67. The maximum absolute atomic E-state index is 9.52. The molecule has 74 valence electrons. The van der Waals surface area contributed by atoms with E-state index in [2.05, 4.69) is 4.98 Å². The van der Waals surface area contributed by atoms with Crippen molar-refractivity contribution in [2.75, 3.05) is 6.54 Å². The molecule has 0 saturated carbocycles. The molecule has 0 aliphatic heterocycles. The smallest absolute Gasteiger partial charge is 0.0912 e. The van der Waals surface area contributed by atoms with Gasteiger partial charge in [0, 0.05) is 23.6 Å². The average molecular weight is 211 g/mol. The van der Waals surface area contributed by atoms with Gasteiger partial charge in [-0.1, -0.05) is 23.7 Å². The minimum absolute atomic E-state index is 0.222. The van der Waals surface area contributed by atoms with Crippen molar-refractivity contribution in [2.45, 2.75) is 6.10 Å². The molecule has 0 saturated heterocycles. The molecular weight excluding hydrogens is 200 g/mol. The lowest BCUT2D eigenvalue weighted by atomic mass is 10.1. The van der Waals surface area contributed by atoms with Gasteiger partial charge in [0.15, 0.2) is 0 Å². The summed E-state index contributed by atoms with van der Waals surface area (Å²) in [7, 11) is 0. The van der Waals surface area contributed by atoms with E-state index in [1.165, 1.54) is 0 Å². The predicted octanol–water partition coefficient (Wildman–Crippen LogP) is 1.81. The molecule has 1 heterocycles. The van der Waals surface area contributed by atoms with Gasteiger partial charge in [-0.3, -0.25) is 0 Å². The highest BCUT2D eigenvalue weighted by Gasteiger charge is 2.07. The summed E-state index contributed by atoms with van der Waals surface area (Å²) in [5.74, 6) is 0. The van der Waals surface area contributed by atoms with Crippen LogP contribution >= 0.6 is 11.6 Å². The molecule has 1 atom stereocenters. The van der Waals surface area contributed by atoms with Crippen LogP contribution in [0.5, 0.6) is 0 Å². The minimum atomic E-state index is -0.610. The second-order valence-electron chi connectivity index (χ2n) is 3.19. The lowest BCUT2D eigenvalue weighted by Crippen LogP contribution is -2.11.